The molecule has 0 aromatic heterocycles. The number of ether oxygens (including phenoxy) is 1. The second kappa shape index (κ2) is 9.59. The summed E-state index contributed by atoms with van der Waals surface area (Å²) in [5, 5.41) is 8.51. The van der Waals surface area contributed by atoms with Crippen LogP contribution in [-0.4, -0.2) is 25.5 Å². The minimum Gasteiger partial charge on any atom is -0.479 e. The number of carbonyl (C=O) groups excluding carboxylic acids is 1. The zero-order valence-electron chi connectivity index (χ0n) is 15.4. The molecule has 3 rings (SSSR count). The van der Waals surface area contributed by atoms with Crippen LogP contribution in [0.25, 0.3) is 6.08 Å². The Morgan fingerprint density at radius 3 is 2.30 bits per heavy atom. The molecule has 0 aliphatic carbocycles. The van der Waals surface area contributed by atoms with E-state index in [1.807, 2.05) is 42.5 Å². The highest BCUT2D eigenvalue weighted by molar-refractivity contribution is 6.07. The fourth-order valence-corrected chi connectivity index (χ4v) is 3.22. The molecule has 0 radical (unpaired) electrons. The van der Waals surface area contributed by atoms with Crippen molar-refractivity contribution in [2.24, 2.45) is 0 Å². The first-order chi connectivity index (χ1) is 13.3. The smallest absolute Gasteiger partial charge is 0.185 e. The minimum atomic E-state index is -0.0118. The third kappa shape index (κ3) is 5.46. The number of anilines is 1. The van der Waals surface area contributed by atoms with Crippen LogP contribution in [0.1, 0.15) is 41.6 Å². The summed E-state index contributed by atoms with van der Waals surface area (Å²) in [6, 6.07) is 17.1. The van der Waals surface area contributed by atoms with Crippen molar-refractivity contribution in [3.63, 3.8) is 0 Å². The van der Waals surface area contributed by atoms with Gasteiger partial charge in [-0.1, -0.05) is 31.1 Å². The Bertz CT molecular complexity index is 809. The fraction of sp³-hybridized carbons (Fsp3) is 0.304. The lowest BCUT2D eigenvalue weighted by Gasteiger charge is -2.22. The van der Waals surface area contributed by atoms with Crippen molar-refractivity contribution in [3.8, 4) is 11.8 Å². The molecule has 1 aliphatic heterocycles. The van der Waals surface area contributed by atoms with Crippen molar-refractivity contribution in [1.82, 2.24) is 0 Å². The summed E-state index contributed by atoms with van der Waals surface area (Å²) in [7, 11) is 0. The highest BCUT2D eigenvalue weighted by atomic mass is 16.5. The lowest BCUT2D eigenvalue weighted by atomic mass is 10.1. The number of rotatable bonds is 6. The molecule has 0 unspecified atom stereocenters. The molecule has 0 atom stereocenters. The van der Waals surface area contributed by atoms with Crippen LogP contribution in [0.4, 0.5) is 5.69 Å². The summed E-state index contributed by atoms with van der Waals surface area (Å²) < 4.78 is 5.22. The molecule has 2 aromatic rings. The molecule has 0 N–H and O–H groups in total. The van der Waals surface area contributed by atoms with Gasteiger partial charge in [0.1, 0.15) is 11.8 Å². The third-order valence-corrected chi connectivity index (χ3v) is 4.73. The van der Waals surface area contributed by atoms with E-state index in [0.717, 1.165) is 18.7 Å². The number of nitriles is 1. The van der Waals surface area contributed by atoms with Crippen LogP contribution in [-0.2, 0) is 0 Å². The lowest BCUT2D eigenvalue weighted by molar-refractivity contribution is 0.104. The number of ketones is 1. The molecule has 0 amide bonds. The lowest BCUT2D eigenvalue weighted by Crippen LogP contribution is -2.23. The van der Waals surface area contributed by atoms with Crippen LogP contribution >= 0.6 is 0 Å². The predicted octanol–water partition coefficient (Wildman–Crippen LogP) is 4.87. The van der Waals surface area contributed by atoms with Crippen LogP contribution < -0.4 is 9.64 Å². The number of allylic oxidation sites excluding steroid dienone is 1. The summed E-state index contributed by atoms with van der Waals surface area (Å²) in [4.78, 5) is 14.8. The van der Waals surface area contributed by atoms with E-state index in [1.165, 1.54) is 31.4 Å². The van der Waals surface area contributed by atoms with E-state index in [4.69, 9.17) is 10.00 Å². The van der Waals surface area contributed by atoms with Crippen LogP contribution in [0.5, 0.6) is 5.75 Å². The molecule has 0 spiro atoms. The molecule has 2 aromatic carbocycles. The average molecular weight is 360 g/mol. The Morgan fingerprint density at radius 1 is 1.00 bits per heavy atom. The number of hydrogen-bond donors (Lipinski definition) is 0. The second-order valence-corrected chi connectivity index (χ2v) is 6.66. The van der Waals surface area contributed by atoms with Crippen molar-refractivity contribution in [2.45, 2.75) is 25.7 Å². The van der Waals surface area contributed by atoms with Crippen molar-refractivity contribution in [3.05, 3.63) is 65.7 Å². The van der Waals surface area contributed by atoms with E-state index in [1.54, 1.807) is 24.3 Å². The molecule has 1 heterocycles. The highest BCUT2D eigenvalue weighted by Gasteiger charge is 2.10. The Morgan fingerprint density at radius 2 is 1.67 bits per heavy atom. The molecule has 138 valence electrons. The average Bonchev–Trinajstić information content (AvgIpc) is 3.01. The maximum absolute atomic E-state index is 12.4. The monoisotopic (exact) mass is 360 g/mol. The Labute approximate surface area is 160 Å². The van der Waals surface area contributed by atoms with E-state index >= 15 is 0 Å². The van der Waals surface area contributed by atoms with Gasteiger partial charge in [-0.15, -0.1) is 0 Å². The van der Waals surface area contributed by atoms with Crippen LogP contribution in [0.2, 0.25) is 0 Å². The minimum absolute atomic E-state index is 0.0118. The van der Waals surface area contributed by atoms with Gasteiger partial charge in [0.05, 0.1) is 0 Å². The molecule has 1 aliphatic rings. The number of hydrogen-bond acceptors (Lipinski definition) is 4. The normalized spacial score (nSPS) is 14.6. The maximum atomic E-state index is 12.4. The molecule has 0 bridgehead atoms. The summed E-state index contributed by atoms with van der Waals surface area (Å²) >= 11 is 0. The molecule has 0 saturated carbocycles. The molecule has 1 saturated heterocycles. The standard InChI is InChI=1S/C23H24N2O2/c24-15-18-27-22-12-5-19(6-13-22)7-14-23(26)20-8-10-21(11-9-20)25-16-3-1-2-4-17-25/h5-14H,1-4,16-18H2/b14-7+. The van der Waals surface area contributed by atoms with Gasteiger partial charge in [-0.3, -0.25) is 4.79 Å². The second-order valence-electron chi connectivity index (χ2n) is 6.66. The number of carbonyl (C=O) groups is 1. The SMILES string of the molecule is N#CCOc1ccc(/C=C/C(=O)c2ccc(N3CCCCCC3)cc2)cc1. The van der Waals surface area contributed by atoms with E-state index in [9.17, 15) is 4.79 Å². The van der Waals surface area contributed by atoms with Gasteiger partial charge in [0.25, 0.3) is 0 Å². The third-order valence-electron chi connectivity index (χ3n) is 4.73. The Hall–Kier alpha value is -3.06. The predicted molar refractivity (Wildman–Crippen MR) is 108 cm³/mol. The van der Waals surface area contributed by atoms with Gasteiger partial charge in [0.2, 0.25) is 0 Å². The van der Waals surface area contributed by atoms with Crippen molar-refractivity contribution in [2.75, 3.05) is 24.6 Å². The van der Waals surface area contributed by atoms with Gasteiger partial charge >= 0.3 is 0 Å². The summed E-state index contributed by atoms with van der Waals surface area (Å²) in [6.45, 7) is 2.23. The first-order valence-electron chi connectivity index (χ1n) is 9.43. The molecular weight excluding hydrogens is 336 g/mol. The fourth-order valence-electron chi connectivity index (χ4n) is 3.22. The van der Waals surface area contributed by atoms with Crippen LogP contribution in [0.15, 0.2) is 54.6 Å². The van der Waals surface area contributed by atoms with E-state index in [0.29, 0.717) is 11.3 Å². The molecule has 27 heavy (non-hydrogen) atoms. The summed E-state index contributed by atoms with van der Waals surface area (Å²) in [5.41, 5.74) is 2.80. The van der Waals surface area contributed by atoms with Crippen molar-refractivity contribution >= 4 is 17.5 Å². The first kappa shape index (κ1) is 18.7. The molecule has 4 nitrogen and oxygen atoms in total. The number of benzene rings is 2. The number of nitrogens with zero attached hydrogens (tertiary/aromatic N) is 2. The zero-order chi connectivity index (χ0) is 18.9. The van der Waals surface area contributed by atoms with Crippen LogP contribution in [0.3, 0.4) is 0 Å². The summed E-state index contributed by atoms with van der Waals surface area (Å²) in [6.07, 6.45) is 8.48. The van der Waals surface area contributed by atoms with Gasteiger partial charge in [0.15, 0.2) is 12.4 Å². The quantitative estimate of drug-likeness (QED) is 0.545. The largest absolute Gasteiger partial charge is 0.479 e. The molecule has 1 fully saturated rings. The van der Waals surface area contributed by atoms with E-state index in [-0.39, 0.29) is 12.4 Å². The molecule has 4 heteroatoms. The summed E-state index contributed by atoms with van der Waals surface area (Å²) in [5.74, 6) is 0.631. The highest BCUT2D eigenvalue weighted by Crippen LogP contribution is 2.20. The van der Waals surface area contributed by atoms with Crippen molar-refractivity contribution in [1.29, 1.82) is 5.26 Å². The topological polar surface area (TPSA) is 53.3 Å². The Kier molecular flexibility index (Phi) is 6.65. The maximum Gasteiger partial charge on any atom is 0.185 e. The van der Waals surface area contributed by atoms with Crippen LogP contribution in [0, 0.1) is 11.3 Å². The zero-order valence-corrected chi connectivity index (χ0v) is 15.4. The molecular formula is C23H24N2O2. The Balaban J connectivity index is 1.60. The van der Waals surface area contributed by atoms with Crippen molar-refractivity contribution < 1.29 is 9.53 Å². The first-order valence-corrected chi connectivity index (χ1v) is 9.43. The van der Waals surface area contributed by atoms with Gasteiger partial charge in [0, 0.05) is 24.3 Å². The van der Waals surface area contributed by atoms with Gasteiger partial charge < -0.3 is 9.64 Å². The van der Waals surface area contributed by atoms with Gasteiger partial charge in [-0.2, -0.15) is 5.26 Å². The van der Waals surface area contributed by atoms with Gasteiger partial charge in [-0.25, -0.2) is 0 Å². The van der Waals surface area contributed by atoms with E-state index < -0.39 is 0 Å². The van der Waals surface area contributed by atoms with E-state index in [2.05, 4.69) is 4.90 Å². The van der Waals surface area contributed by atoms with Gasteiger partial charge in [-0.05, 0) is 60.9 Å².